The molecule has 0 aromatic heterocycles. The highest BCUT2D eigenvalue weighted by Gasteiger charge is 2.11. The molecule has 0 heterocycles. The van der Waals surface area contributed by atoms with Gasteiger partial charge in [0.15, 0.2) is 0 Å². The number of rotatable bonds is 22. The number of aliphatic hydroxyl groups excluding tert-OH is 1. The van der Waals surface area contributed by atoms with Crippen molar-refractivity contribution in [3.63, 3.8) is 0 Å². The summed E-state index contributed by atoms with van der Waals surface area (Å²) in [6.07, 6.45) is 13.4. The third kappa shape index (κ3) is 20.8. The number of hydrogen-bond donors (Lipinski definition) is 1. The molecular formula is C24H50O5. The van der Waals surface area contributed by atoms with Crippen LogP contribution in [-0.4, -0.2) is 62.6 Å². The maximum atomic E-state index is 8.95. The zero-order valence-electron chi connectivity index (χ0n) is 20.0. The molecule has 4 unspecified atom stereocenters. The molecule has 0 aromatic rings. The van der Waals surface area contributed by atoms with E-state index < -0.39 is 0 Å². The summed E-state index contributed by atoms with van der Waals surface area (Å²) < 4.78 is 22.9. The molecule has 0 saturated heterocycles. The lowest BCUT2D eigenvalue weighted by atomic mass is 10.1. The molecule has 0 aliphatic heterocycles. The van der Waals surface area contributed by atoms with Crippen LogP contribution in [0, 0.1) is 0 Å². The molecule has 0 radical (unpaired) electrons. The summed E-state index contributed by atoms with van der Waals surface area (Å²) in [7, 11) is 0. The van der Waals surface area contributed by atoms with Crippen molar-refractivity contribution in [2.75, 3.05) is 33.0 Å². The van der Waals surface area contributed by atoms with E-state index in [0.29, 0.717) is 19.8 Å². The van der Waals surface area contributed by atoms with Gasteiger partial charge in [0.25, 0.3) is 0 Å². The van der Waals surface area contributed by atoms with Crippen LogP contribution < -0.4 is 0 Å². The first-order chi connectivity index (χ1) is 14.0. The van der Waals surface area contributed by atoms with Gasteiger partial charge in [-0.25, -0.2) is 0 Å². The van der Waals surface area contributed by atoms with Crippen molar-refractivity contribution in [1.82, 2.24) is 0 Å². The van der Waals surface area contributed by atoms with E-state index in [4.69, 9.17) is 24.1 Å². The predicted octanol–water partition coefficient (Wildman–Crippen LogP) is 5.52. The second-order valence-electron chi connectivity index (χ2n) is 8.48. The summed E-state index contributed by atoms with van der Waals surface area (Å²) in [5, 5.41) is 8.95. The van der Waals surface area contributed by atoms with Crippen molar-refractivity contribution in [3.8, 4) is 0 Å². The van der Waals surface area contributed by atoms with E-state index >= 15 is 0 Å². The summed E-state index contributed by atoms with van der Waals surface area (Å²) in [6, 6.07) is 0. The molecule has 0 aliphatic rings. The highest BCUT2D eigenvalue weighted by molar-refractivity contribution is 4.56. The van der Waals surface area contributed by atoms with Crippen molar-refractivity contribution in [3.05, 3.63) is 0 Å². The molecule has 0 aliphatic carbocycles. The van der Waals surface area contributed by atoms with Gasteiger partial charge in [0, 0.05) is 6.61 Å². The van der Waals surface area contributed by atoms with Gasteiger partial charge in [0.1, 0.15) is 0 Å². The monoisotopic (exact) mass is 418 g/mol. The summed E-state index contributed by atoms with van der Waals surface area (Å²) in [6.45, 7) is 12.6. The molecule has 0 rings (SSSR count). The number of unbranched alkanes of at least 4 members (excludes halogenated alkanes) is 9. The molecule has 29 heavy (non-hydrogen) atoms. The van der Waals surface area contributed by atoms with Gasteiger partial charge in [-0.05, 0) is 34.1 Å². The predicted molar refractivity (Wildman–Crippen MR) is 121 cm³/mol. The molecule has 0 spiro atoms. The first-order valence-electron chi connectivity index (χ1n) is 12.1. The molecule has 0 aromatic carbocycles. The summed E-state index contributed by atoms with van der Waals surface area (Å²) >= 11 is 0. The molecule has 5 heteroatoms. The lowest BCUT2D eigenvalue weighted by molar-refractivity contribution is -0.0891. The van der Waals surface area contributed by atoms with E-state index in [1.165, 1.54) is 57.8 Å². The van der Waals surface area contributed by atoms with Crippen LogP contribution in [0.4, 0.5) is 0 Å². The Morgan fingerprint density at radius 1 is 0.517 bits per heavy atom. The van der Waals surface area contributed by atoms with Gasteiger partial charge < -0.3 is 24.1 Å². The second kappa shape index (κ2) is 21.0. The minimum absolute atomic E-state index is 0.0138. The van der Waals surface area contributed by atoms with Crippen LogP contribution in [0.3, 0.4) is 0 Å². The van der Waals surface area contributed by atoms with Crippen LogP contribution in [-0.2, 0) is 18.9 Å². The Hall–Kier alpha value is -0.200. The molecule has 1 N–H and O–H groups in total. The van der Waals surface area contributed by atoms with Crippen LogP contribution in [0.1, 0.15) is 98.8 Å². The normalized spacial score (nSPS) is 15.9. The summed E-state index contributed by atoms with van der Waals surface area (Å²) in [5.74, 6) is 0. The number of aliphatic hydroxyl groups is 1. The molecule has 176 valence electrons. The summed E-state index contributed by atoms with van der Waals surface area (Å²) in [4.78, 5) is 0. The number of hydrogen-bond acceptors (Lipinski definition) is 5. The Bertz CT molecular complexity index is 326. The Labute approximate surface area is 180 Å². The van der Waals surface area contributed by atoms with Crippen LogP contribution in [0.15, 0.2) is 0 Å². The second-order valence-corrected chi connectivity index (χ2v) is 8.48. The standard InChI is InChI=1S/C24H50O5/c1-6-7-8-9-10-11-12-13-14-15-16-26-22(3)18-28-24(5)20-29-23(4)19-27-21(2)17-25/h21-25H,6-20H2,1-5H3. The highest BCUT2D eigenvalue weighted by atomic mass is 16.6. The highest BCUT2D eigenvalue weighted by Crippen LogP contribution is 2.11. The lowest BCUT2D eigenvalue weighted by Gasteiger charge is -2.21. The molecule has 4 atom stereocenters. The first-order valence-corrected chi connectivity index (χ1v) is 12.1. The average Bonchev–Trinajstić information content (AvgIpc) is 2.72. The molecular weight excluding hydrogens is 368 g/mol. The lowest BCUT2D eigenvalue weighted by Crippen LogP contribution is -2.28. The van der Waals surface area contributed by atoms with Crippen molar-refractivity contribution < 1.29 is 24.1 Å². The summed E-state index contributed by atoms with van der Waals surface area (Å²) in [5.41, 5.74) is 0. The third-order valence-corrected chi connectivity index (χ3v) is 5.00. The molecule has 0 fully saturated rings. The SMILES string of the molecule is CCCCCCCCCCCCOC(C)COC(C)COC(C)COC(C)CO. The van der Waals surface area contributed by atoms with Gasteiger partial charge in [0.2, 0.25) is 0 Å². The fourth-order valence-electron chi connectivity index (χ4n) is 2.97. The Kier molecular flexibility index (Phi) is 20.9. The zero-order chi connectivity index (χ0) is 21.7. The van der Waals surface area contributed by atoms with Gasteiger partial charge in [-0.3, -0.25) is 0 Å². The van der Waals surface area contributed by atoms with Crippen molar-refractivity contribution in [1.29, 1.82) is 0 Å². The van der Waals surface area contributed by atoms with E-state index in [-0.39, 0.29) is 31.0 Å². The van der Waals surface area contributed by atoms with Crippen LogP contribution in [0.2, 0.25) is 0 Å². The Morgan fingerprint density at radius 3 is 1.34 bits per heavy atom. The first kappa shape index (κ1) is 28.8. The van der Waals surface area contributed by atoms with E-state index in [1.807, 2.05) is 20.8 Å². The van der Waals surface area contributed by atoms with Gasteiger partial charge >= 0.3 is 0 Å². The zero-order valence-corrected chi connectivity index (χ0v) is 20.0. The molecule has 5 nitrogen and oxygen atoms in total. The Morgan fingerprint density at radius 2 is 0.897 bits per heavy atom. The fourth-order valence-corrected chi connectivity index (χ4v) is 2.97. The maximum Gasteiger partial charge on any atom is 0.0781 e. The van der Waals surface area contributed by atoms with E-state index in [1.54, 1.807) is 0 Å². The largest absolute Gasteiger partial charge is 0.394 e. The maximum absolute atomic E-state index is 8.95. The van der Waals surface area contributed by atoms with E-state index in [2.05, 4.69) is 13.8 Å². The molecule has 0 saturated carbocycles. The van der Waals surface area contributed by atoms with Gasteiger partial charge in [-0.15, -0.1) is 0 Å². The average molecular weight is 419 g/mol. The van der Waals surface area contributed by atoms with Crippen LogP contribution >= 0.6 is 0 Å². The number of ether oxygens (including phenoxy) is 4. The Balaban J connectivity index is 3.44. The topological polar surface area (TPSA) is 57.2 Å². The van der Waals surface area contributed by atoms with Crippen LogP contribution in [0.25, 0.3) is 0 Å². The van der Waals surface area contributed by atoms with Crippen LogP contribution in [0.5, 0.6) is 0 Å². The van der Waals surface area contributed by atoms with Gasteiger partial charge in [-0.1, -0.05) is 64.7 Å². The van der Waals surface area contributed by atoms with Gasteiger partial charge in [0.05, 0.1) is 50.8 Å². The van der Waals surface area contributed by atoms with Crippen molar-refractivity contribution >= 4 is 0 Å². The van der Waals surface area contributed by atoms with Gasteiger partial charge in [-0.2, -0.15) is 0 Å². The minimum Gasteiger partial charge on any atom is -0.394 e. The third-order valence-electron chi connectivity index (χ3n) is 5.00. The fraction of sp³-hybridized carbons (Fsp3) is 1.00. The molecule has 0 bridgehead atoms. The minimum atomic E-state index is -0.150. The van der Waals surface area contributed by atoms with E-state index in [9.17, 15) is 0 Å². The molecule has 0 amide bonds. The quantitative estimate of drug-likeness (QED) is 0.235. The van der Waals surface area contributed by atoms with Crippen molar-refractivity contribution in [2.24, 2.45) is 0 Å². The van der Waals surface area contributed by atoms with E-state index in [0.717, 1.165) is 13.0 Å². The van der Waals surface area contributed by atoms with Crippen molar-refractivity contribution in [2.45, 2.75) is 123 Å². The smallest absolute Gasteiger partial charge is 0.0781 e.